The van der Waals surface area contributed by atoms with Crippen LogP contribution in [0.4, 0.5) is 6.01 Å². The van der Waals surface area contributed by atoms with Crippen molar-refractivity contribution in [1.82, 2.24) is 10.2 Å². The van der Waals surface area contributed by atoms with Crippen LogP contribution < -0.4 is 5.32 Å². The van der Waals surface area contributed by atoms with Crippen molar-refractivity contribution in [2.75, 3.05) is 11.1 Å². The van der Waals surface area contributed by atoms with Crippen LogP contribution in [0.5, 0.6) is 0 Å². The van der Waals surface area contributed by atoms with Gasteiger partial charge < -0.3 is 4.42 Å². The van der Waals surface area contributed by atoms with Crippen molar-refractivity contribution >= 4 is 46.9 Å². The number of aromatic nitrogens is 2. The Labute approximate surface area is 152 Å². The zero-order valence-corrected chi connectivity index (χ0v) is 14.5. The van der Waals surface area contributed by atoms with Crippen molar-refractivity contribution in [3.8, 4) is 11.5 Å². The second kappa shape index (κ2) is 7.70. The van der Waals surface area contributed by atoms with Gasteiger partial charge in [-0.05, 0) is 42.5 Å². The summed E-state index contributed by atoms with van der Waals surface area (Å²) in [5.41, 5.74) is 0.686. The lowest BCUT2D eigenvalue weighted by Crippen LogP contribution is -2.14. The van der Waals surface area contributed by atoms with E-state index in [0.717, 1.165) is 4.90 Å². The molecule has 3 rings (SSSR count). The van der Waals surface area contributed by atoms with Gasteiger partial charge in [-0.2, -0.15) is 0 Å². The molecule has 8 heteroatoms. The Morgan fingerprint density at radius 3 is 2.62 bits per heavy atom. The normalized spacial score (nSPS) is 10.6. The summed E-state index contributed by atoms with van der Waals surface area (Å²) < 4.78 is 5.42. The first-order valence-electron chi connectivity index (χ1n) is 6.88. The Morgan fingerprint density at radius 1 is 1.08 bits per heavy atom. The molecule has 1 aromatic heterocycles. The molecule has 0 atom stereocenters. The van der Waals surface area contributed by atoms with Crippen LogP contribution in [0, 0.1) is 0 Å². The molecule has 0 aliphatic heterocycles. The Kier molecular flexibility index (Phi) is 5.40. The molecule has 1 N–H and O–H groups in total. The predicted octanol–water partition coefficient (Wildman–Crippen LogP) is 4.77. The number of anilines is 1. The second-order valence-corrected chi connectivity index (χ2v) is 6.64. The highest BCUT2D eigenvalue weighted by molar-refractivity contribution is 8.00. The van der Waals surface area contributed by atoms with Crippen LogP contribution in [0.25, 0.3) is 11.5 Å². The summed E-state index contributed by atoms with van der Waals surface area (Å²) in [6.07, 6.45) is 0. The van der Waals surface area contributed by atoms with Crippen molar-refractivity contribution in [2.45, 2.75) is 4.90 Å². The Balaban J connectivity index is 1.58. The molecule has 3 aromatic rings. The Hall–Kier alpha value is -2.02. The van der Waals surface area contributed by atoms with E-state index in [1.54, 1.807) is 36.4 Å². The van der Waals surface area contributed by atoms with Crippen LogP contribution in [0.1, 0.15) is 0 Å². The lowest BCUT2D eigenvalue weighted by Gasteiger charge is -2.01. The highest BCUT2D eigenvalue weighted by Crippen LogP contribution is 2.23. The van der Waals surface area contributed by atoms with Crippen molar-refractivity contribution in [3.63, 3.8) is 0 Å². The molecule has 0 unspecified atom stereocenters. The van der Waals surface area contributed by atoms with Crippen LogP contribution >= 0.6 is 35.0 Å². The third kappa shape index (κ3) is 4.50. The fourth-order valence-corrected chi connectivity index (χ4v) is 2.86. The number of amides is 1. The molecule has 122 valence electrons. The topological polar surface area (TPSA) is 68.0 Å². The smallest absolute Gasteiger partial charge is 0.322 e. The lowest BCUT2D eigenvalue weighted by atomic mass is 10.2. The minimum atomic E-state index is -0.240. The molecule has 5 nitrogen and oxygen atoms in total. The molecule has 0 aliphatic carbocycles. The van der Waals surface area contributed by atoms with Gasteiger partial charge in [0.1, 0.15) is 0 Å². The summed E-state index contributed by atoms with van der Waals surface area (Å²) in [4.78, 5) is 12.9. The van der Waals surface area contributed by atoms with E-state index in [4.69, 9.17) is 27.6 Å². The van der Waals surface area contributed by atoms with Crippen LogP contribution in [0.2, 0.25) is 10.0 Å². The highest BCUT2D eigenvalue weighted by Gasteiger charge is 2.12. The third-order valence-corrected chi connectivity index (χ3v) is 4.43. The average molecular weight is 380 g/mol. The summed E-state index contributed by atoms with van der Waals surface area (Å²) in [6.45, 7) is 0. The number of carbonyl (C=O) groups excluding carboxylic acids is 1. The van der Waals surface area contributed by atoms with E-state index in [1.807, 2.05) is 12.1 Å². The van der Waals surface area contributed by atoms with Gasteiger partial charge in [0.2, 0.25) is 11.8 Å². The van der Waals surface area contributed by atoms with E-state index in [1.165, 1.54) is 11.8 Å². The lowest BCUT2D eigenvalue weighted by molar-refractivity contribution is -0.113. The van der Waals surface area contributed by atoms with E-state index < -0.39 is 0 Å². The van der Waals surface area contributed by atoms with Gasteiger partial charge in [0.25, 0.3) is 0 Å². The van der Waals surface area contributed by atoms with Gasteiger partial charge in [0, 0.05) is 20.5 Å². The molecule has 0 fully saturated rings. The summed E-state index contributed by atoms with van der Waals surface area (Å²) in [7, 11) is 0. The van der Waals surface area contributed by atoms with Gasteiger partial charge in [0.05, 0.1) is 5.75 Å². The first-order chi connectivity index (χ1) is 11.6. The summed E-state index contributed by atoms with van der Waals surface area (Å²) in [6, 6.07) is 14.3. The largest absolute Gasteiger partial charge is 0.403 e. The second-order valence-electron chi connectivity index (χ2n) is 4.71. The SMILES string of the molecule is O=C(CSc1ccc(Cl)cc1)Nc1nnc(-c2cccc(Cl)c2)o1. The Bertz CT molecular complexity index is 853. The molecule has 0 radical (unpaired) electrons. The van der Waals surface area contributed by atoms with E-state index in [0.29, 0.717) is 15.6 Å². The molecule has 1 amide bonds. The van der Waals surface area contributed by atoms with Gasteiger partial charge in [0.15, 0.2) is 0 Å². The Morgan fingerprint density at radius 2 is 1.88 bits per heavy atom. The number of benzene rings is 2. The van der Waals surface area contributed by atoms with E-state index in [2.05, 4.69) is 15.5 Å². The maximum Gasteiger partial charge on any atom is 0.322 e. The van der Waals surface area contributed by atoms with Crippen LogP contribution in [0.3, 0.4) is 0 Å². The van der Waals surface area contributed by atoms with Crippen LogP contribution in [-0.2, 0) is 4.79 Å². The molecular formula is C16H11Cl2N3O2S. The molecule has 0 saturated carbocycles. The number of hydrogen-bond acceptors (Lipinski definition) is 5. The van der Waals surface area contributed by atoms with Gasteiger partial charge in [-0.3, -0.25) is 10.1 Å². The molecule has 0 aliphatic rings. The van der Waals surface area contributed by atoms with Gasteiger partial charge in [-0.1, -0.05) is 34.4 Å². The molecular weight excluding hydrogens is 369 g/mol. The maximum atomic E-state index is 11.9. The monoisotopic (exact) mass is 379 g/mol. The standard InChI is InChI=1S/C16H11Cl2N3O2S/c17-11-4-6-13(7-5-11)24-9-14(22)19-16-21-20-15(23-16)10-2-1-3-12(18)8-10/h1-8H,9H2,(H,19,21,22). The van der Waals surface area contributed by atoms with Gasteiger partial charge in [-0.25, -0.2) is 0 Å². The fourth-order valence-electron chi connectivity index (χ4n) is 1.85. The molecule has 0 spiro atoms. The fraction of sp³-hybridized carbons (Fsp3) is 0.0625. The van der Waals surface area contributed by atoms with E-state index in [-0.39, 0.29) is 23.6 Å². The minimum absolute atomic E-state index is 0.0479. The highest BCUT2D eigenvalue weighted by atomic mass is 35.5. The average Bonchev–Trinajstić information content (AvgIpc) is 3.03. The number of thioether (sulfide) groups is 1. The van der Waals surface area contributed by atoms with Gasteiger partial charge >= 0.3 is 6.01 Å². The van der Waals surface area contributed by atoms with Gasteiger partial charge in [-0.15, -0.1) is 16.9 Å². The number of nitrogens with zero attached hydrogens (tertiary/aromatic N) is 2. The summed E-state index contributed by atoms with van der Waals surface area (Å²) in [5.74, 6) is 0.269. The first-order valence-corrected chi connectivity index (χ1v) is 8.62. The number of hydrogen-bond donors (Lipinski definition) is 1. The number of halogens is 2. The molecule has 1 heterocycles. The summed E-state index contributed by atoms with van der Waals surface area (Å²) >= 11 is 13.1. The minimum Gasteiger partial charge on any atom is -0.403 e. The van der Waals surface area contributed by atoms with E-state index in [9.17, 15) is 4.79 Å². The van der Waals surface area contributed by atoms with Crippen molar-refractivity contribution in [2.24, 2.45) is 0 Å². The number of carbonyl (C=O) groups is 1. The number of rotatable bonds is 5. The first kappa shape index (κ1) is 16.8. The van der Waals surface area contributed by atoms with Crippen LogP contribution in [0.15, 0.2) is 57.8 Å². The van der Waals surface area contributed by atoms with Crippen LogP contribution in [-0.4, -0.2) is 21.9 Å². The zero-order chi connectivity index (χ0) is 16.9. The predicted molar refractivity (Wildman–Crippen MR) is 95.5 cm³/mol. The third-order valence-electron chi connectivity index (χ3n) is 2.93. The summed E-state index contributed by atoms with van der Waals surface area (Å²) in [5, 5.41) is 11.5. The molecule has 2 aromatic carbocycles. The van der Waals surface area contributed by atoms with Crippen molar-refractivity contribution in [1.29, 1.82) is 0 Å². The van der Waals surface area contributed by atoms with Crippen molar-refractivity contribution < 1.29 is 9.21 Å². The molecule has 0 bridgehead atoms. The molecule has 24 heavy (non-hydrogen) atoms. The van der Waals surface area contributed by atoms with E-state index >= 15 is 0 Å². The zero-order valence-electron chi connectivity index (χ0n) is 12.2. The maximum absolute atomic E-state index is 11.9. The quantitative estimate of drug-likeness (QED) is 0.646. The molecule has 0 saturated heterocycles. The van der Waals surface area contributed by atoms with Crippen molar-refractivity contribution in [3.05, 3.63) is 58.6 Å². The number of nitrogens with one attached hydrogen (secondary N) is 1.